The van der Waals surface area contributed by atoms with Gasteiger partial charge in [0.25, 0.3) is 5.91 Å². The average Bonchev–Trinajstić information content (AvgIpc) is 2.27. The summed E-state index contributed by atoms with van der Waals surface area (Å²) in [7, 11) is 0. The van der Waals surface area contributed by atoms with Crippen LogP contribution in [0.2, 0.25) is 0 Å². The summed E-state index contributed by atoms with van der Waals surface area (Å²) >= 11 is 0. The second kappa shape index (κ2) is 4.94. The summed E-state index contributed by atoms with van der Waals surface area (Å²) in [6, 6.07) is 3.16. The van der Waals surface area contributed by atoms with Crippen LogP contribution in [0.15, 0.2) is 18.3 Å². The van der Waals surface area contributed by atoms with E-state index in [9.17, 15) is 9.90 Å². The number of nitrogens with zero attached hydrogens (tertiary/aromatic N) is 1. The van der Waals surface area contributed by atoms with Gasteiger partial charge >= 0.3 is 0 Å². The van der Waals surface area contributed by atoms with Crippen LogP contribution < -0.4 is 11.1 Å². The van der Waals surface area contributed by atoms with Gasteiger partial charge in [-0.2, -0.15) is 0 Å². The van der Waals surface area contributed by atoms with Gasteiger partial charge in [-0.15, -0.1) is 0 Å². The number of aromatic nitrogens is 1. The SMILES string of the molecule is CCC(C)(O)CNC(=O)c1ccc(N)cn1. The summed E-state index contributed by atoms with van der Waals surface area (Å²) in [6.07, 6.45) is 2.00. The number of pyridine rings is 1. The van der Waals surface area contributed by atoms with E-state index in [4.69, 9.17) is 5.73 Å². The van der Waals surface area contributed by atoms with E-state index in [1.165, 1.54) is 6.20 Å². The smallest absolute Gasteiger partial charge is 0.269 e. The average molecular weight is 223 g/mol. The lowest BCUT2D eigenvalue weighted by molar-refractivity contribution is 0.0517. The van der Waals surface area contributed by atoms with Crippen LogP contribution in [0.5, 0.6) is 0 Å². The molecule has 1 aromatic heterocycles. The maximum Gasteiger partial charge on any atom is 0.269 e. The van der Waals surface area contributed by atoms with Crippen molar-refractivity contribution < 1.29 is 9.90 Å². The van der Waals surface area contributed by atoms with Crippen molar-refractivity contribution in [3.8, 4) is 0 Å². The third kappa shape index (κ3) is 3.51. The van der Waals surface area contributed by atoms with Crippen LogP contribution in [-0.4, -0.2) is 28.1 Å². The highest BCUT2D eigenvalue weighted by atomic mass is 16.3. The molecule has 1 heterocycles. The molecular formula is C11H17N3O2. The number of nitrogens with one attached hydrogen (secondary N) is 1. The predicted molar refractivity (Wildman–Crippen MR) is 61.9 cm³/mol. The van der Waals surface area contributed by atoms with E-state index >= 15 is 0 Å². The Hall–Kier alpha value is -1.62. The van der Waals surface area contributed by atoms with E-state index in [0.29, 0.717) is 17.8 Å². The standard InChI is InChI=1S/C11H17N3O2/c1-3-11(2,16)7-14-10(15)9-5-4-8(12)6-13-9/h4-6,16H,3,7,12H2,1-2H3,(H,14,15). The minimum Gasteiger partial charge on any atom is -0.397 e. The van der Waals surface area contributed by atoms with E-state index in [1.54, 1.807) is 19.1 Å². The highest BCUT2D eigenvalue weighted by Crippen LogP contribution is 2.07. The molecule has 5 heteroatoms. The Morgan fingerprint density at radius 2 is 2.31 bits per heavy atom. The van der Waals surface area contributed by atoms with E-state index in [1.807, 2.05) is 6.92 Å². The molecule has 5 nitrogen and oxygen atoms in total. The van der Waals surface area contributed by atoms with Crippen molar-refractivity contribution in [3.05, 3.63) is 24.0 Å². The Labute approximate surface area is 94.7 Å². The fourth-order valence-electron chi connectivity index (χ4n) is 1.03. The molecule has 0 aliphatic carbocycles. The third-order valence-electron chi connectivity index (χ3n) is 2.41. The second-order valence-electron chi connectivity index (χ2n) is 4.01. The summed E-state index contributed by atoms with van der Waals surface area (Å²) in [5.74, 6) is -0.311. The van der Waals surface area contributed by atoms with Crippen molar-refractivity contribution in [2.75, 3.05) is 12.3 Å². The Bertz CT molecular complexity index is 360. The van der Waals surface area contributed by atoms with Gasteiger partial charge in [0.05, 0.1) is 17.5 Å². The monoisotopic (exact) mass is 223 g/mol. The van der Waals surface area contributed by atoms with Gasteiger partial charge in [0.2, 0.25) is 0 Å². The Balaban J connectivity index is 2.56. The van der Waals surface area contributed by atoms with Crippen LogP contribution in [0.4, 0.5) is 5.69 Å². The lowest BCUT2D eigenvalue weighted by atomic mass is 10.0. The first-order chi connectivity index (χ1) is 7.44. The molecule has 0 spiro atoms. The number of nitrogen functional groups attached to an aromatic ring is 1. The van der Waals surface area contributed by atoms with Gasteiger partial charge in [-0.25, -0.2) is 4.98 Å². The Kier molecular flexibility index (Phi) is 3.84. The van der Waals surface area contributed by atoms with Crippen molar-refractivity contribution in [2.45, 2.75) is 25.9 Å². The summed E-state index contributed by atoms with van der Waals surface area (Å²) < 4.78 is 0. The summed E-state index contributed by atoms with van der Waals surface area (Å²) in [6.45, 7) is 3.73. The van der Waals surface area contributed by atoms with Gasteiger partial charge in [0.15, 0.2) is 0 Å². The number of carbonyl (C=O) groups excluding carboxylic acids is 1. The molecule has 0 aromatic carbocycles. The first kappa shape index (κ1) is 12.4. The van der Waals surface area contributed by atoms with Crippen molar-refractivity contribution >= 4 is 11.6 Å². The maximum absolute atomic E-state index is 11.6. The van der Waals surface area contributed by atoms with E-state index < -0.39 is 5.60 Å². The molecule has 0 bridgehead atoms. The van der Waals surface area contributed by atoms with Crippen LogP contribution in [0.3, 0.4) is 0 Å². The normalized spacial score (nSPS) is 14.2. The van der Waals surface area contributed by atoms with Crippen molar-refractivity contribution in [2.24, 2.45) is 0 Å². The van der Waals surface area contributed by atoms with Crippen LogP contribution >= 0.6 is 0 Å². The van der Waals surface area contributed by atoms with E-state index in [0.717, 1.165) is 0 Å². The van der Waals surface area contributed by atoms with Crippen LogP contribution in [0.25, 0.3) is 0 Å². The van der Waals surface area contributed by atoms with Crippen LogP contribution in [0, 0.1) is 0 Å². The highest BCUT2D eigenvalue weighted by Gasteiger charge is 2.19. The van der Waals surface area contributed by atoms with E-state index in [2.05, 4.69) is 10.3 Å². The zero-order valence-electron chi connectivity index (χ0n) is 9.53. The number of carbonyl (C=O) groups is 1. The number of nitrogens with two attached hydrogens (primary N) is 1. The van der Waals surface area contributed by atoms with Crippen molar-refractivity contribution in [3.63, 3.8) is 0 Å². The zero-order valence-corrected chi connectivity index (χ0v) is 9.53. The number of anilines is 1. The molecular weight excluding hydrogens is 206 g/mol. The molecule has 1 amide bonds. The van der Waals surface area contributed by atoms with Gasteiger partial charge < -0.3 is 16.2 Å². The maximum atomic E-state index is 11.6. The second-order valence-corrected chi connectivity index (χ2v) is 4.01. The third-order valence-corrected chi connectivity index (χ3v) is 2.41. The first-order valence-electron chi connectivity index (χ1n) is 5.17. The number of amides is 1. The number of aliphatic hydroxyl groups is 1. The Morgan fingerprint density at radius 1 is 1.62 bits per heavy atom. The number of hydrogen-bond donors (Lipinski definition) is 3. The summed E-state index contributed by atoms with van der Waals surface area (Å²) in [4.78, 5) is 15.5. The molecule has 0 fully saturated rings. The molecule has 16 heavy (non-hydrogen) atoms. The Morgan fingerprint density at radius 3 is 2.81 bits per heavy atom. The first-order valence-corrected chi connectivity index (χ1v) is 5.17. The molecule has 1 rings (SSSR count). The van der Waals surface area contributed by atoms with Gasteiger partial charge in [0.1, 0.15) is 5.69 Å². The summed E-state index contributed by atoms with van der Waals surface area (Å²) in [5.41, 5.74) is 5.38. The van der Waals surface area contributed by atoms with E-state index in [-0.39, 0.29) is 12.5 Å². The van der Waals surface area contributed by atoms with Crippen LogP contribution in [0.1, 0.15) is 30.8 Å². The van der Waals surface area contributed by atoms with Gasteiger partial charge in [-0.1, -0.05) is 6.92 Å². The molecule has 0 saturated heterocycles. The molecule has 1 atom stereocenters. The van der Waals surface area contributed by atoms with Crippen molar-refractivity contribution in [1.29, 1.82) is 0 Å². The topological polar surface area (TPSA) is 88.2 Å². The number of rotatable bonds is 4. The minimum absolute atomic E-state index is 0.203. The molecule has 88 valence electrons. The largest absolute Gasteiger partial charge is 0.397 e. The molecule has 0 radical (unpaired) electrons. The quantitative estimate of drug-likeness (QED) is 0.695. The summed E-state index contributed by atoms with van der Waals surface area (Å²) in [5, 5.41) is 12.3. The number of hydrogen-bond acceptors (Lipinski definition) is 4. The predicted octanol–water partition coefficient (Wildman–Crippen LogP) is 0.555. The molecule has 0 aliphatic rings. The van der Waals surface area contributed by atoms with Crippen molar-refractivity contribution in [1.82, 2.24) is 10.3 Å². The highest BCUT2D eigenvalue weighted by molar-refractivity contribution is 5.92. The van der Waals surface area contributed by atoms with Crippen LogP contribution in [-0.2, 0) is 0 Å². The molecule has 1 aromatic rings. The lowest BCUT2D eigenvalue weighted by Gasteiger charge is -2.21. The molecule has 0 saturated carbocycles. The fraction of sp³-hybridized carbons (Fsp3) is 0.455. The molecule has 0 aliphatic heterocycles. The zero-order chi connectivity index (χ0) is 12.2. The molecule has 4 N–H and O–H groups in total. The fourth-order valence-corrected chi connectivity index (χ4v) is 1.03. The minimum atomic E-state index is -0.885. The van der Waals surface area contributed by atoms with Gasteiger partial charge in [-0.05, 0) is 25.5 Å². The molecule has 1 unspecified atom stereocenters. The van der Waals surface area contributed by atoms with Gasteiger partial charge in [-0.3, -0.25) is 4.79 Å². The van der Waals surface area contributed by atoms with Gasteiger partial charge in [0, 0.05) is 6.54 Å². The lowest BCUT2D eigenvalue weighted by Crippen LogP contribution is -2.40.